The van der Waals surface area contributed by atoms with E-state index in [1.807, 2.05) is 0 Å². The van der Waals surface area contributed by atoms with Gasteiger partial charge in [0.1, 0.15) is 5.82 Å². The Morgan fingerprint density at radius 3 is 2.43 bits per heavy atom. The Balaban J connectivity index is 2.42. The SMILES string of the molecule is Cc1c(C(=O)NC(C)(C)C(C)(C)O)sc2cccc(F)c12. The summed E-state index contributed by atoms with van der Waals surface area (Å²) in [5, 5.41) is 13.5. The minimum atomic E-state index is -1.07. The molecule has 0 bridgehead atoms. The van der Waals surface area contributed by atoms with Gasteiger partial charge in [0.25, 0.3) is 5.91 Å². The third-order valence-corrected chi connectivity index (χ3v) is 5.32. The van der Waals surface area contributed by atoms with E-state index in [-0.39, 0.29) is 11.7 Å². The molecular weight excluding hydrogens is 289 g/mol. The minimum absolute atomic E-state index is 0.291. The summed E-state index contributed by atoms with van der Waals surface area (Å²) in [6.07, 6.45) is 0. The number of fused-ring (bicyclic) bond motifs is 1. The van der Waals surface area contributed by atoms with Crippen LogP contribution >= 0.6 is 11.3 Å². The number of hydrogen-bond acceptors (Lipinski definition) is 3. The van der Waals surface area contributed by atoms with E-state index in [2.05, 4.69) is 5.32 Å². The molecule has 1 aromatic carbocycles. The van der Waals surface area contributed by atoms with Gasteiger partial charge in [-0.1, -0.05) is 6.07 Å². The number of carbonyl (C=O) groups excluding carboxylic acids is 1. The fraction of sp³-hybridized carbons (Fsp3) is 0.438. The smallest absolute Gasteiger partial charge is 0.262 e. The van der Waals surface area contributed by atoms with Crippen molar-refractivity contribution in [1.29, 1.82) is 0 Å². The van der Waals surface area contributed by atoms with E-state index < -0.39 is 11.1 Å². The van der Waals surface area contributed by atoms with Crippen LogP contribution in [0.2, 0.25) is 0 Å². The predicted octanol–water partition coefficient (Wildman–Crippen LogP) is 3.63. The van der Waals surface area contributed by atoms with Gasteiger partial charge in [0.2, 0.25) is 0 Å². The normalized spacial score (nSPS) is 12.7. The maximum absolute atomic E-state index is 13.9. The molecule has 0 radical (unpaired) electrons. The van der Waals surface area contributed by atoms with Crippen LogP contribution in [0.5, 0.6) is 0 Å². The van der Waals surface area contributed by atoms with E-state index in [1.54, 1.807) is 46.8 Å². The zero-order valence-electron chi connectivity index (χ0n) is 12.9. The van der Waals surface area contributed by atoms with Gasteiger partial charge >= 0.3 is 0 Å². The highest BCUT2D eigenvalue weighted by molar-refractivity contribution is 7.21. The number of rotatable bonds is 3. The second-order valence-corrected chi connectivity index (χ2v) is 7.36. The Hall–Kier alpha value is -1.46. The number of benzene rings is 1. The van der Waals surface area contributed by atoms with E-state index in [0.29, 0.717) is 15.8 Å². The molecule has 0 unspecified atom stereocenters. The summed E-state index contributed by atoms with van der Waals surface area (Å²) < 4.78 is 14.6. The molecule has 2 rings (SSSR count). The van der Waals surface area contributed by atoms with Gasteiger partial charge in [0.05, 0.1) is 16.0 Å². The summed E-state index contributed by atoms with van der Waals surface area (Å²) in [7, 11) is 0. The Bertz CT molecular complexity index is 698. The van der Waals surface area contributed by atoms with Crippen LogP contribution in [0.15, 0.2) is 18.2 Å². The second kappa shape index (κ2) is 5.07. The van der Waals surface area contributed by atoms with Crippen LogP contribution in [0.1, 0.15) is 42.9 Å². The fourth-order valence-electron chi connectivity index (χ4n) is 1.96. The van der Waals surface area contributed by atoms with E-state index in [1.165, 1.54) is 17.4 Å². The number of nitrogens with one attached hydrogen (secondary N) is 1. The minimum Gasteiger partial charge on any atom is -0.388 e. The molecule has 114 valence electrons. The molecule has 0 atom stereocenters. The summed E-state index contributed by atoms with van der Waals surface area (Å²) in [6, 6.07) is 4.83. The van der Waals surface area contributed by atoms with E-state index in [4.69, 9.17) is 0 Å². The van der Waals surface area contributed by atoms with Crippen molar-refractivity contribution in [3.8, 4) is 0 Å². The average molecular weight is 309 g/mol. The molecular formula is C16H20FNO2S. The van der Waals surface area contributed by atoms with Crippen molar-refractivity contribution >= 4 is 27.3 Å². The number of aliphatic hydroxyl groups is 1. The van der Waals surface area contributed by atoms with Crippen LogP contribution in [-0.2, 0) is 0 Å². The zero-order valence-corrected chi connectivity index (χ0v) is 13.7. The summed E-state index contributed by atoms with van der Waals surface area (Å²) in [5.74, 6) is -0.609. The number of amides is 1. The van der Waals surface area contributed by atoms with Crippen LogP contribution in [0.3, 0.4) is 0 Å². The van der Waals surface area contributed by atoms with Crippen molar-refractivity contribution in [3.63, 3.8) is 0 Å². The highest BCUT2D eigenvalue weighted by atomic mass is 32.1. The summed E-state index contributed by atoms with van der Waals surface area (Å²) >= 11 is 1.26. The molecule has 0 saturated carbocycles. The highest BCUT2D eigenvalue weighted by Crippen LogP contribution is 2.33. The monoisotopic (exact) mass is 309 g/mol. The summed E-state index contributed by atoms with van der Waals surface area (Å²) in [4.78, 5) is 13.0. The number of thiophene rings is 1. The molecule has 1 amide bonds. The largest absolute Gasteiger partial charge is 0.388 e. The van der Waals surface area contributed by atoms with E-state index in [0.717, 1.165) is 4.70 Å². The van der Waals surface area contributed by atoms with E-state index >= 15 is 0 Å². The number of hydrogen-bond donors (Lipinski definition) is 2. The Kier molecular flexibility index (Phi) is 3.84. The molecule has 0 aliphatic heterocycles. The summed E-state index contributed by atoms with van der Waals surface area (Å²) in [5.41, 5.74) is -1.24. The van der Waals surface area contributed by atoms with Crippen LogP contribution in [-0.4, -0.2) is 22.2 Å². The van der Waals surface area contributed by atoms with E-state index in [9.17, 15) is 14.3 Å². The van der Waals surface area contributed by atoms with Gasteiger partial charge in [-0.25, -0.2) is 4.39 Å². The Morgan fingerprint density at radius 2 is 1.90 bits per heavy atom. The molecule has 0 fully saturated rings. The fourth-order valence-corrected chi connectivity index (χ4v) is 3.08. The highest BCUT2D eigenvalue weighted by Gasteiger charge is 2.37. The lowest BCUT2D eigenvalue weighted by Crippen LogP contribution is -2.57. The number of aryl methyl sites for hydroxylation is 1. The first-order chi connectivity index (χ1) is 9.54. The lowest BCUT2D eigenvalue weighted by molar-refractivity contribution is -0.00285. The molecule has 1 aromatic heterocycles. The molecule has 2 aromatic rings. The van der Waals surface area contributed by atoms with Gasteiger partial charge in [0, 0.05) is 10.1 Å². The zero-order chi connectivity index (χ0) is 16.0. The Labute approximate surface area is 127 Å². The van der Waals surface area contributed by atoms with Crippen LogP contribution in [0.25, 0.3) is 10.1 Å². The van der Waals surface area contributed by atoms with Gasteiger partial charge in [-0.2, -0.15) is 0 Å². The molecule has 2 N–H and O–H groups in total. The van der Waals surface area contributed by atoms with Crippen molar-refractivity contribution in [2.75, 3.05) is 0 Å². The number of carbonyl (C=O) groups is 1. The lowest BCUT2D eigenvalue weighted by atomic mass is 9.86. The van der Waals surface area contributed by atoms with Gasteiger partial charge in [-0.15, -0.1) is 11.3 Å². The van der Waals surface area contributed by atoms with Crippen LogP contribution in [0.4, 0.5) is 4.39 Å². The third kappa shape index (κ3) is 2.80. The first kappa shape index (κ1) is 15.9. The van der Waals surface area contributed by atoms with Gasteiger partial charge < -0.3 is 10.4 Å². The standard InChI is InChI=1S/C16H20FNO2S/c1-9-12-10(17)7-6-8-11(12)21-13(9)14(19)18-15(2,3)16(4,5)20/h6-8,20H,1-5H3,(H,18,19). The van der Waals surface area contributed by atoms with Crippen molar-refractivity contribution in [3.05, 3.63) is 34.5 Å². The molecule has 21 heavy (non-hydrogen) atoms. The molecule has 0 saturated heterocycles. The van der Waals surface area contributed by atoms with Gasteiger partial charge in [-0.05, 0) is 52.3 Å². The first-order valence-electron chi connectivity index (χ1n) is 6.77. The number of halogens is 1. The van der Waals surface area contributed by atoms with Crippen molar-refractivity contribution in [2.45, 2.75) is 45.8 Å². The average Bonchev–Trinajstić information content (AvgIpc) is 2.66. The first-order valence-corrected chi connectivity index (χ1v) is 7.59. The molecule has 1 heterocycles. The van der Waals surface area contributed by atoms with Crippen LogP contribution in [0, 0.1) is 12.7 Å². The Morgan fingerprint density at radius 1 is 1.29 bits per heavy atom. The molecule has 0 spiro atoms. The van der Waals surface area contributed by atoms with Crippen molar-refractivity contribution in [2.24, 2.45) is 0 Å². The summed E-state index contributed by atoms with van der Waals surface area (Å²) in [6.45, 7) is 8.55. The van der Waals surface area contributed by atoms with Crippen LogP contribution < -0.4 is 5.32 Å². The quantitative estimate of drug-likeness (QED) is 0.909. The molecule has 0 aliphatic carbocycles. The van der Waals surface area contributed by atoms with Crippen molar-refractivity contribution in [1.82, 2.24) is 5.32 Å². The maximum Gasteiger partial charge on any atom is 0.262 e. The van der Waals surface area contributed by atoms with Gasteiger partial charge in [0.15, 0.2) is 0 Å². The van der Waals surface area contributed by atoms with Crippen molar-refractivity contribution < 1.29 is 14.3 Å². The molecule has 5 heteroatoms. The van der Waals surface area contributed by atoms with Gasteiger partial charge in [-0.3, -0.25) is 4.79 Å². The predicted molar refractivity (Wildman–Crippen MR) is 84.4 cm³/mol. The topological polar surface area (TPSA) is 49.3 Å². The lowest BCUT2D eigenvalue weighted by Gasteiger charge is -2.37. The third-order valence-electron chi connectivity index (χ3n) is 4.06. The maximum atomic E-state index is 13.9. The molecule has 0 aliphatic rings. The molecule has 3 nitrogen and oxygen atoms in total. The second-order valence-electron chi connectivity index (χ2n) is 6.31.